The van der Waals surface area contributed by atoms with Gasteiger partial charge in [0, 0.05) is 11.6 Å². The van der Waals surface area contributed by atoms with Crippen LogP contribution in [0.5, 0.6) is 5.75 Å². The van der Waals surface area contributed by atoms with Crippen molar-refractivity contribution < 1.29 is 13.5 Å². The molecule has 4 heteroatoms. The fourth-order valence-electron chi connectivity index (χ4n) is 2.09. The van der Waals surface area contributed by atoms with Crippen molar-refractivity contribution in [3.63, 3.8) is 0 Å². The standard InChI is InChI=1S/C16H17F2NO/c1-10-5-4-6-14(17)16(10)19-11(2)13-8-7-12(20-3)9-15(13)18/h4-9,11,19H,1-3H3. The van der Waals surface area contributed by atoms with Crippen molar-refractivity contribution >= 4 is 5.69 Å². The van der Waals surface area contributed by atoms with Crippen molar-refractivity contribution in [3.8, 4) is 5.75 Å². The molecule has 0 saturated carbocycles. The Labute approximate surface area is 117 Å². The molecule has 0 radical (unpaired) electrons. The van der Waals surface area contributed by atoms with Crippen LogP contribution in [0.25, 0.3) is 0 Å². The average Bonchev–Trinajstić information content (AvgIpc) is 2.42. The average molecular weight is 277 g/mol. The van der Waals surface area contributed by atoms with Gasteiger partial charge in [-0.05, 0) is 31.5 Å². The van der Waals surface area contributed by atoms with Gasteiger partial charge in [0.25, 0.3) is 0 Å². The Kier molecular flexibility index (Phi) is 4.23. The van der Waals surface area contributed by atoms with Crippen LogP contribution in [0.2, 0.25) is 0 Å². The van der Waals surface area contributed by atoms with Crippen LogP contribution in [0.15, 0.2) is 36.4 Å². The molecule has 20 heavy (non-hydrogen) atoms. The Morgan fingerprint density at radius 2 is 1.85 bits per heavy atom. The molecule has 1 N–H and O–H groups in total. The first-order valence-electron chi connectivity index (χ1n) is 6.38. The molecule has 0 fully saturated rings. The second-order valence-electron chi connectivity index (χ2n) is 4.69. The Balaban J connectivity index is 2.26. The van der Waals surface area contributed by atoms with Crippen molar-refractivity contribution in [2.45, 2.75) is 19.9 Å². The fourth-order valence-corrected chi connectivity index (χ4v) is 2.09. The zero-order valence-corrected chi connectivity index (χ0v) is 11.7. The third-order valence-electron chi connectivity index (χ3n) is 3.26. The van der Waals surface area contributed by atoms with E-state index in [-0.39, 0.29) is 17.7 Å². The molecule has 0 aliphatic carbocycles. The van der Waals surface area contributed by atoms with Crippen molar-refractivity contribution in [1.82, 2.24) is 0 Å². The number of aryl methyl sites for hydroxylation is 1. The van der Waals surface area contributed by atoms with Crippen LogP contribution in [-0.4, -0.2) is 7.11 Å². The molecule has 0 aromatic heterocycles. The Morgan fingerprint density at radius 3 is 2.45 bits per heavy atom. The molecule has 0 saturated heterocycles. The van der Waals surface area contributed by atoms with Gasteiger partial charge in [0.05, 0.1) is 18.8 Å². The van der Waals surface area contributed by atoms with E-state index in [0.29, 0.717) is 17.0 Å². The molecule has 2 rings (SSSR count). The highest BCUT2D eigenvalue weighted by atomic mass is 19.1. The van der Waals surface area contributed by atoms with Crippen LogP contribution < -0.4 is 10.1 Å². The van der Waals surface area contributed by atoms with Gasteiger partial charge in [0.2, 0.25) is 0 Å². The topological polar surface area (TPSA) is 21.3 Å². The van der Waals surface area contributed by atoms with E-state index >= 15 is 0 Å². The molecule has 106 valence electrons. The summed E-state index contributed by atoms with van der Waals surface area (Å²) in [7, 11) is 1.48. The Hall–Kier alpha value is -2.10. The predicted octanol–water partition coefficient (Wildman–Crippen LogP) is 4.45. The molecular formula is C16H17F2NO. The number of anilines is 1. The molecule has 1 atom stereocenters. The van der Waals surface area contributed by atoms with Gasteiger partial charge in [-0.1, -0.05) is 18.2 Å². The van der Waals surface area contributed by atoms with Gasteiger partial charge in [-0.25, -0.2) is 8.78 Å². The van der Waals surface area contributed by atoms with Gasteiger partial charge in [-0.15, -0.1) is 0 Å². The van der Waals surface area contributed by atoms with Crippen LogP contribution in [0.4, 0.5) is 14.5 Å². The summed E-state index contributed by atoms with van der Waals surface area (Å²) in [6, 6.07) is 9.13. The van der Waals surface area contributed by atoms with Crippen molar-refractivity contribution in [2.24, 2.45) is 0 Å². The Bertz CT molecular complexity index is 593. The van der Waals surface area contributed by atoms with Gasteiger partial charge in [0.15, 0.2) is 0 Å². The number of benzene rings is 2. The molecule has 1 unspecified atom stereocenters. The number of para-hydroxylation sites is 1. The summed E-state index contributed by atoms with van der Waals surface area (Å²) in [4.78, 5) is 0. The van der Waals surface area contributed by atoms with Crippen LogP contribution in [0.3, 0.4) is 0 Å². The second kappa shape index (κ2) is 5.90. The van der Waals surface area contributed by atoms with E-state index in [1.165, 1.54) is 19.2 Å². The molecule has 0 amide bonds. The SMILES string of the molecule is COc1ccc(C(C)Nc2c(C)cccc2F)c(F)c1. The molecule has 2 nitrogen and oxygen atoms in total. The van der Waals surface area contributed by atoms with Crippen LogP contribution >= 0.6 is 0 Å². The summed E-state index contributed by atoms with van der Waals surface area (Å²) in [5.74, 6) is -0.260. The summed E-state index contributed by atoms with van der Waals surface area (Å²) >= 11 is 0. The van der Waals surface area contributed by atoms with Crippen molar-refractivity contribution in [1.29, 1.82) is 0 Å². The highest BCUT2D eigenvalue weighted by Crippen LogP contribution is 2.27. The number of hydrogen-bond donors (Lipinski definition) is 1. The van der Waals surface area contributed by atoms with Gasteiger partial charge in [0.1, 0.15) is 17.4 Å². The lowest BCUT2D eigenvalue weighted by atomic mass is 10.1. The zero-order chi connectivity index (χ0) is 14.7. The number of nitrogens with one attached hydrogen (secondary N) is 1. The van der Waals surface area contributed by atoms with Crippen molar-refractivity contribution in [3.05, 3.63) is 59.2 Å². The lowest BCUT2D eigenvalue weighted by Gasteiger charge is -2.19. The molecule has 0 aliphatic heterocycles. The maximum Gasteiger partial charge on any atom is 0.146 e. The maximum atomic E-state index is 14.0. The minimum atomic E-state index is -0.377. The normalized spacial score (nSPS) is 12.1. The van der Waals surface area contributed by atoms with E-state index in [9.17, 15) is 8.78 Å². The lowest BCUT2D eigenvalue weighted by Crippen LogP contribution is -2.11. The number of rotatable bonds is 4. The Morgan fingerprint density at radius 1 is 1.10 bits per heavy atom. The fraction of sp³-hybridized carbons (Fsp3) is 0.250. The summed E-state index contributed by atoms with van der Waals surface area (Å²) in [5, 5.41) is 3.02. The van der Waals surface area contributed by atoms with Gasteiger partial charge in [-0.2, -0.15) is 0 Å². The molecule has 0 spiro atoms. The van der Waals surface area contributed by atoms with Crippen LogP contribution in [-0.2, 0) is 0 Å². The molecule has 0 aliphatic rings. The minimum Gasteiger partial charge on any atom is -0.497 e. The first-order chi connectivity index (χ1) is 9.52. The third kappa shape index (κ3) is 2.90. The lowest BCUT2D eigenvalue weighted by molar-refractivity contribution is 0.410. The van der Waals surface area contributed by atoms with Gasteiger partial charge >= 0.3 is 0 Å². The predicted molar refractivity (Wildman–Crippen MR) is 76.1 cm³/mol. The van der Waals surface area contributed by atoms with E-state index in [4.69, 9.17) is 4.74 Å². The number of halogens is 2. The number of ether oxygens (including phenoxy) is 1. The smallest absolute Gasteiger partial charge is 0.146 e. The molecule has 0 bridgehead atoms. The maximum absolute atomic E-state index is 14.0. The van der Waals surface area contributed by atoms with Gasteiger partial charge < -0.3 is 10.1 Å². The molecule has 0 heterocycles. The zero-order valence-electron chi connectivity index (χ0n) is 11.7. The van der Waals surface area contributed by atoms with Crippen LogP contribution in [0, 0.1) is 18.6 Å². The van der Waals surface area contributed by atoms with E-state index in [2.05, 4.69) is 5.32 Å². The summed E-state index contributed by atoms with van der Waals surface area (Å²) in [6.45, 7) is 3.60. The molecule has 2 aromatic carbocycles. The highest BCUT2D eigenvalue weighted by Gasteiger charge is 2.14. The number of hydrogen-bond acceptors (Lipinski definition) is 2. The third-order valence-corrected chi connectivity index (χ3v) is 3.26. The minimum absolute atomic E-state index is 0.342. The van der Waals surface area contributed by atoms with Gasteiger partial charge in [-0.3, -0.25) is 0 Å². The highest BCUT2D eigenvalue weighted by molar-refractivity contribution is 5.53. The van der Waals surface area contributed by atoms with Crippen molar-refractivity contribution in [2.75, 3.05) is 12.4 Å². The van der Waals surface area contributed by atoms with E-state index < -0.39 is 0 Å². The first-order valence-corrected chi connectivity index (χ1v) is 6.38. The summed E-state index contributed by atoms with van der Waals surface area (Å²) in [6.07, 6.45) is 0. The molecule has 2 aromatic rings. The second-order valence-corrected chi connectivity index (χ2v) is 4.69. The molecular weight excluding hydrogens is 260 g/mol. The monoisotopic (exact) mass is 277 g/mol. The van der Waals surface area contributed by atoms with Crippen LogP contribution in [0.1, 0.15) is 24.1 Å². The summed E-state index contributed by atoms with van der Waals surface area (Å²) in [5.41, 5.74) is 1.65. The van der Waals surface area contributed by atoms with E-state index in [1.807, 2.05) is 13.0 Å². The largest absolute Gasteiger partial charge is 0.497 e. The number of methoxy groups -OCH3 is 1. The quantitative estimate of drug-likeness (QED) is 0.891. The summed E-state index contributed by atoms with van der Waals surface area (Å²) < 4.78 is 32.7. The van der Waals surface area contributed by atoms with E-state index in [0.717, 1.165) is 5.56 Å². The van der Waals surface area contributed by atoms with E-state index in [1.54, 1.807) is 25.1 Å². The first kappa shape index (κ1) is 14.3.